The molecule has 0 unspecified atom stereocenters. The van der Waals surface area contributed by atoms with Crippen molar-refractivity contribution in [2.75, 3.05) is 13.2 Å². The van der Waals surface area contributed by atoms with Crippen LogP contribution in [0.25, 0.3) is 0 Å². The van der Waals surface area contributed by atoms with Gasteiger partial charge in [0.05, 0.1) is 0 Å². The van der Waals surface area contributed by atoms with Crippen LogP contribution in [0.3, 0.4) is 0 Å². The predicted octanol–water partition coefficient (Wildman–Crippen LogP) is 1.22. The van der Waals surface area contributed by atoms with Crippen molar-refractivity contribution in [3.63, 3.8) is 0 Å². The fourth-order valence-electron chi connectivity index (χ4n) is 2.20. The number of hydrogen-bond acceptors (Lipinski definition) is 4. The van der Waals surface area contributed by atoms with Crippen molar-refractivity contribution in [2.45, 2.75) is 26.8 Å². The molecule has 0 amide bonds. The van der Waals surface area contributed by atoms with Gasteiger partial charge in [-0.2, -0.15) is 0 Å². The number of benzene rings is 1. The van der Waals surface area contributed by atoms with Crippen molar-refractivity contribution in [3.05, 3.63) is 29.6 Å². The van der Waals surface area contributed by atoms with Gasteiger partial charge in [0, 0.05) is 0 Å². The molecular weight excluding hydrogens is 368 g/mol. The molecule has 1 heterocycles. The number of rotatable bonds is 4. The summed E-state index contributed by atoms with van der Waals surface area (Å²) in [6.45, 7) is -0.648. The molecule has 1 aromatic rings. The summed E-state index contributed by atoms with van der Waals surface area (Å²) in [5.41, 5.74) is 0.126. The van der Waals surface area contributed by atoms with Crippen LogP contribution in [0.4, 0.5) is 4.39 Å². The molecule has 20 heavy (non-hydrogen) atoms. The van der Waals surface area contributed by atoms with Crippen LogP contribution in [0, 0.1) is 5.82 Å². The van der Waals surface area contributed by atoms with Gasteiger partial charge >= 0.3 is 122 Å². The number of halogens is 1. The average Bonchev–Trinajstić information content (AvgIpc) is 2.82. The van der Waals surface area contributed by atoms with Gasteiger partial charge < -0.3 is 0 Å². The SMILES string of the molecule is [CH3][Sn]([CH3])([CH3])[c]1ccc(C2=NOC(CO)(CO)C2)cc1F. The van der Waals surface area contributed by atoms with Crippen molar-refractivity contribution in [1.82, 2.24) is 0 Å². The van der Waals surface area contributed by atoms with Crippen molar-refractivity contribution < 1.29 is 19.4 Å². The summed E-state index contributed by atoms with van der Waals surface area (Å²) in [5.74, 6) is -0.195. The van der Waals surface area contributed by atoms with Crippen molar-refractivity contribution >= 4 is 27.7 Å². The normalized spacial score (nSPS) is 17.8. The first-order valence-corrected chi connectivity index (χ1v) is 16.6. The van der Waals surface area contributed by atoms with E-state index in [2.05, 4.69) is 20.0 Å². The van der Waals surface area contributed by atoms with Crippen molar-refractivity contribution in [3.8, 4) is 0 Å². The topological polar surface area (TPSA) is 62.0 Å². The Morgan fingerprint density at radius 3 is 2.40 bits per heavy atom. The van der Waals surface area contributed by atoms with Gasteiger partial charge in [0.2, 0.25) is 0 Å². The summed E-state index contributed by atoms with van der Waals surface area (Å²) in [6, 6.07) is 5.15. The molecule has 0 atom stereocenters. The standard InChI is InChI=1S/C11H11FNO3.3CH3.Sn/c12-9-3-1-2-8(4-9)10-5-11(6-14,7-15)16-13-10;;;;/h1-2,4,14-15H,5-7H2;3*1H3;. The molecule has 2 rings (SSSR count). The van der Waals surface area contributed by atoms with Crippen LogP contribution in [0.15, 0.2) is 23.4 Å². The van der Waals surface area contributed by atoms with E-state index in [1.165, 1.54) is 6.07 Å². The number of hydrogen-bond donors (Lipinski definition) is 2. The van der Waals surface area contributed by atoms with E-state index in [1.54, 1.807) is 0 Å². The van der Waals surface area contributed by atoms with Crippen LogP contribution >= 0.6 is 0 Å². The van der Waals surface area contributed by atoms with Gasteiger partial charge in [0.25, 0.3) is 0 Å². The summed E-state index contributed by atoms with van der Waals surface area (Å²) >= 11 is -2.45. The fourth-order valence-corrected chi connectivity index (χ4v) is 6.11. The second-order valence-corrected chi connectivity index (χ2v) is 20.6. The van der Waals surface area contributed by atoms with E-state index in [1.807, 2.05) is 12.1 Å². The Bertz CT molecular complexity index is 536. The molecule has 1 aromatic carbocycles. The van der Waals surface area contributed by atoms with Crippen molar-refractivity contribution in [2.24, 2.45) is 5.16 Å². The number of nitrogens with zero attached hydrogens (tertiary/aromatic N) is 1. The summed E-state index contributed by atoms with van der Waals surface area (Å²) in [7, 11) is 0. The zero-order valence-electron chi connectivity index (χ0n) is 12.0. The first kappa shape index (κ1) is 15.7. The van der Waals surface area contributed by atoms with Gasteiger partial charge in [0.1, 0.15) is 0 Å². The van der Waals surface area contributed by atoms with Gasteiger partial charge in [-0.25, -0.2) is 0 Å². The summed E-state index contributed by atoms with van der Waals surface area (Å²) in [5, 5.41) is 22.4. The Hall–Kier alpha value is -0.661. The summed E-state index contributed by atoms with van der Waals surface area (Å²) in [4.78, 5) is 11.6. The second-order valence-electron chi connectivity index (χ2n) is 6.25. The molecule has 2 N–H and O–H groups in total. The van der Waals surface area contributed by atoms with Crippen LogP contribution in [0.1, 0.15) is 12.0 Å². The van der Waals surface area contributed by atoms with Gasteiger partial charge in [-0.15, -0.1) is 0 Å². The molecule has 0 aliphatic carbocycles. The molecule has 0 fully saturated rings. The first-order valence-electron chi connectivity index (χ1n) is 6.58. The minimum absolute atomic E-state index is 0.195. The fraction of sp³-hybridized carbons (Fsp3) is 0.500. The van der Waals surface area contributed by atoms with Gasteiger partial charge in [-0.3, -0.25) is 0 Å². The average molecular weight is 388 g/mol. The zero-order chi connectivity index (χ0) is 15.0. The van der Waals surface area contributed by atoms with E-state index >= 15 is 0 Å². The van der Waals surface area contributed by atoms with Gasteiger partial charge in [-0.1, -0.05) is 0 Å². The van der Waals surface area contributed by atoms with E-state index in [4.69, 9.17) is 4.84 Å². The first-order chi connectivity index (χ1) is 9.31. The molecule has 4 nitrogen and oxygen atoms in total. The summed E-state index contributed by atoms with van der Waals surface area (Å²) in [6.07, 6.45) is 0.275. The Balaban J connectivity index is 2.26. The van der Waals surface area contributed by atoms with Gasteiger partial charge in [-0.05, 0) is 0 Å². The third-order valence-corrected chi connectivity index (χ3v) is 9.30. The van der Waals surface area contributed by atoms with E-state index in [0.717, 1.165) is 3.58 Å². The van der Waals surface area contributed by atoms with Crippen LogP contribution in [0.5, 0.6) is 0 Å². The van der Waals surface area contributed by atoms with E-state index < -0.39 is 24.0 Å². The van der Waals surface area contributed by atoms with Crippen LogP contribution in [-0.2, 0) is 4.84 Å². The Morgan fingerprint density at radius 2 is 1.95 bits per heavy atom. The van der Waals surface area contributed by atoms with E-state index in [9.17, 15) is 14.6 Å². The predicted molar refractivity (Wildman–Crippen MR) is 78.5 cm³/mol. The maximum absolute atomic E-state index is 14.2. The Morgan fingerprint density at radius 1 is 1.30 bits per heavy atom. The molecule has 1 aliphatic heterocycles. The number of oxime groups is 1. The molecule has 0 bridgehead atoms. The van der Waals surface area contributed by atoms with Crippen LogP contribution in [0.2, 0.25) is 14.8 Å². The Labute approximate surface area is 122 Å². The van der Waals surface area contributed by atoms with E-state index in [-0.39, 0.29) is 25.5 Å². The summed E-state index contributed by atoms with van der Waals surface area (Å²) < 4.78 is 15.1. The van der Waals surface area contributed by atoms with Crippen LogP contribution < -0.4 is 3.58 Å². The van der Waals surface area contributed by atoms with Gasteiger partial charge in [0.15, 0.2) is 0 Å². The molecule has 0 saturated carbocycles. The number of aliphatic hydroxyl groups excluding tert-OH is 2. The third kappa shape index (κ3) is 2.99. The Kier molecular flexibility index (Phi) is 4.41. The zero-order valence-corrected chi connectivity index (χ0v) is 14.8. The second kappa shape index (κ2) is 5.61. The molecule has 0 aromatic heterocycles. The van der Waals surface area contributed by atoms with Crippen LogP contribution in [-0.4, -0.2) is 53.1 Å². The maximum atomic E-state index is 14.2. The van der Waals surface area contributed by atoms with E-state index in [0.29, 0.717) is 11.3 Å². The molecule has 0 radical (unpaired) electrons. The molecule has 1 aliphatic rings. The van der Waals surface area contributed by atoms with Crippen molar-refractivity contribution in [1.29, 1.82) is 0 Å². The monoisotopic (exact) mass is 389 g/mol. The minimum atomic E-state index is -2.45. The molecular formula is C14H20FNO3Sn. The molecule has 0 spiro atoms. The molecule has 0 saturated heterocycles. The molecule has 110 valence electrons. The molecule has 6 heteroatoms. The third-order valence-electron chi connectivity index (χ3n) is 3.53. The number of aliphatic hydroxyl groups is 2. The quantitative estimate of drug-likeness (QED) is 0.763.